The second-order valence-corrected chi connectivity index (χ2v) is 5.07. The Kier molecular flexibility index (Phi) is 4.41. The Balaban J connectivity index is 2.31. The van der Waals surface area contributed by atoms with Gasteiger partial charge in [0.2, 0.25) is 0 Å². The van der Waals surface area contributed by atoms with Gasteiger partial charge in [0.05, 0.1) is 31.2 Å². The Morgan fingerprint density at radius 3 is 2.62 bits per heavy atom. The fourth-order valence-electron chi connectivity index (χ4n) is 2.27. The van der Waals surface area contributed by atoms with Crippen LogP contribution in [0.5, 0.6) is 5.75 Å². The number of nitrogens with zero attached hydrogens (tertiary/aromatic N) is 2. The summed E-state index contributed by atoms with van der Waals surface area (Å²) in [5.74, 6) is 1.25. The summed E-state index contributed by atoms with van der Waals surface area (Å²) in [4.78, 5) is 4.42. The maximum absolute atomic E-state index is 12.2. The average Bonchev–Trinajstić information content (AvgIpc) is 2.74. The third-order valence-electron chi connectivity index (χ3n) is 3.09. The zero-order valence-electron chi connectivity index (χ0n) is 12.2. The molecule has 0 atom stereocenters. The molecule has 0 fully saturated rings. The Hall–Kier alpha value is -1.76. The van der Waals surface area contributed by atoms with Crippen LogP contribution in [0.15, 0.2) is 18.2 Å². The second-order valence-electron chi connectivity index (χ2n) is 5.07. The minimum atomic E-state index is -4.22. The van der Waals surface area contributed by atoms with Gasteiger partial charge in [-0.3, -0.25) is 0 Å². The molecule has 0 radical (unpaired) electrons. The molecule has 21 heavy (non-hydrogen) atoms. The molecule has 116 valence electrons. The SMILES string of the molecule is COc1ccc2c(c1)nc(CNCC(F)(F)F)n2C(C)C. The first-order valence-corrected chi connectivity index (χ1v) is 6.64. The molecule has 0 aliphatic heterocycles. The van der Waals surface area contributed by atoms with Gasteiger partial charge in [-0.05, 0) is 26.0 Å². The van der Waals surface area contributed by atoms with Crippen LogP contribution in [0.25, 0.3) is 11.0 Å². The van der Waals surface area contributed by atoms with Crippen LogP contribution in [0.1, 0.15) is 25.7 Å². The lowest BCUT2D eigenvalue weighted by atomic mass is 10.2. The highest BCUT2D eigenvalue weighted by molar-refractivity contribution is 5.78. The van der Waals surface area contributed by atoms with Crippen LogP contribution < -0.4 is 10.1 Å². The van der Waals surface area contributed by atoms with Crippen molar-refractivity contribution in [3.05, 3.63) is 24.0 Å². The number of methoxy groups -OCH3 is 1. The molecule has 0 spiro atoms. The number of nitrogens with one attached hydrogen (secondary N) is 1. The number of benzene rings is 1. The fraction of sp³-hybridized carbons (Fsp3) is 0.500. The molecular formula is C14H18F3N3O. The van der Waals surface area contributed by atoms with Gasteiger partial charge in [-0.25, -0.2) is 4.98 Å². The lowest BCUT2D eigenvalue weighted by Crippen LogP contribution is -2.29. The molecule has 1 aromatic heterocycles. The molecule has 0 bridgehead atoms. The molecule has 0 amide bonds. The van der Waals surface area contributed by atoms with E-state index >= 15 is 0 Å². The molecule has 2 aromatic rings. The highest BCUT2D eigenvalue weighted by Gasteiger charge is 2.26. The van der Waals surface area contributed by atoms with Gasteiger partial charge in [-0.1, -0.05) is 0 Å². The summed E-state index contributed by atoms with van der Waals surface area (Å²) >= 11 is 0. The smallest absolute Gasteiger partial charge is 0.401 e. The van der Waals surface area contributed by atoms with E-state index in [1.807, 2.05) is 30.5 Å². The summed E-state index contributed by atoms with van der Waals surface area (Å²) in [6.45, 7) is 2.98. The van der Waals surface area contributed by atoms with Crippen molar-refractivity contribution in [1.29, 1.82) is 0 Å². The molecule has 0 saturated carbocycles. The van der Waals surface area contributed by atoms with Gasteiger partial charge in [-0.2, -0.15) is 13.2 Å². The van der Waals surface area contributed by atoms with Crippen molar-refractivity contribution in [3.63, 3.8) is 0 Å². The monoisotopic (exact) mass is 301 g/mol. The van der Waals surface area contributed by atoms with Crippen molar-refractivity contribution in [2.75, 3.05) is 13.7 Å². The van der Waals surface area contributed by atoms with Crippen LogP contribution in [0.3, 0.4) is 0 Å². The summed E-state index contributed by atoms with van der Waals surface area (Å²) in [5, 5.41) is 2.39. The first-order chi connectivity index (χ1) is 9.81. The number of fused-ring (bicyclic) bond motifs is 1. The third-order valence-corrected chi connectivity index (χ3v) is 3.09. The molecule has 4 nitrogen and oxygen atoms in total. The molecule has 0 aliphatic rings. The molecule has 1 N–H and O–H groups in total. The van der Waals surface area contributed by atoms with E-state index in [0.717, 1.165) is 5.52 Å². The normalized spacial score (nSPS) is 12.3. The number of aromatic nitrogens is 2. The van der Waals surface area contributed by atoms with Crippen LogP contribution in [-0.4, -0.2) is 29.4 Å². The van der Waals surface area contributed by atoms with E-state index < -0.39 is 12.7 Å². The maximum Gasteiger partial charge on any atom is 0.401 e. The second kappa shape index (κ2) is 5.93. The van der Waals surface area contributed by atoms with Crippen LogP contribution >= 0.6 is 0 Å². The summed E-state index contributed by atoms with van der Waals surface area (Å²) in [5.41, 5.74) is 1.60. The Bertz CT molecular complexity index is 620. The first-order valence-electron chi connectivity index (χ1n) is 6.64. The topological polar surface area (TPSA) is 39.1 Å². The van der Waals surface area contributed by atoms with E-state index in [-0.39, 0.29) is 12.6 Å². The van der Waals surface area contributed by atoms with E-state index in [4.69, 9.17) is 4.74 Å². The zero-order valence-corrected chi connectivity index (χ0v) is 12.2. The maximum atomic E-state index is 12.2. The number of imidazole rings is 1. The number of hydrogen-bond donors (Lipinski definition) is 1. The van der Waals surface area contributed by atoms with Crippen LogP contribution in [0, 0.1) is 0 Å². The van der Waals surface area contributed by atoms with Gasteiger partial charge in [0, 0.05) is 12.1 Å². The summed E-state index contributed by atoms with van der Waals surface area (Å²) in [6.07, 6.45) is -4.22. The molecular weight excluding hydrogens is 283 g/mol. The van der Waals surface area contributed by atoms with E-state index in [0.29, 0.717) is 17.1 Å². The lowest BCUT2D eigenvalue weighted by Gasteiger charge is -2.14. The van der Waals surface area contributed by atoms with Crippen molar-refractivity contribution >= 4 is 11.0 Å². The fourth-order valence-corrected chi connectivity index (χ4v) is 2.27. The first kappa shape index (κ1) is 15.6. The number of halogens is 3. The predicted octanol–water partition coefficient (Wildman–Crippen LogP) is 3.28. The zero-order chi connectivity index (χ0) is 15.6. The quantitative estimate of drug-likeness (QED) is 0.921. The average molecular weight is 301 g/mol. The number of ether oxygens (including phenoxy) is 1. The van der Waals surface area contributed by atoms with Gasteiger partial charge in [0.15, 0.2) is 0 Å². The molecule has 1 aromatic carbocycles. The molecule has 2 rings (SSSR count). The van der Waals surface area contributed by atoms with Crippen molar-refractivity contribution < 1.29 is 17.9 Å². The summed E-state index contributed by atoms with van der Waals surface area (Å²) < 4.78 is 43.7. The minimum Gasteiger partial charge on any atom is -0.497 e. The van der Waals surface area contributed by atoms with Crippen LogP contribution in [-0.2, 0) is 6.54 Å². The lowest BCUT2D eigenvalue weighted by molar-refractivity contribution is -0.125. The number of alkyl halides is 3. The molecule has 7 heteroatoms. The largest absolute Gasteiger partial charge is 0.497 e. The van der Waals surface area contributed by atoms with Crippen molar-refractivity contribution in [2.24, 2.45) is 0 Å². The van der Waals surface area contributed by atoms with Crippen LogP contribution in [0.4, 0.5) is 13.2 Å². The van der Waals surface area contributed by atoms with Crippen LogP contribution in [0.2, 0.25) is 0 Å². The van der Waals surface area contributed by atoms with Gasteiger partial charge < -0.3 is 14.6 Å². The third kappa shape index (κ3) is 3.66. The highest BCUT2D eigenvalue weighted by atomic mass is 19.4. The summed E-state index contributed by atoms with van der Waals surface area (Å²) in [6, 6.07) is 5.57. The number of rotatable bonds is 5. The van der Waals surface area contributed by atoms with Gasteiger partial charge in [0.25, 0.3) is 0 Å². The predicted molar refractivity (Wildman–Crippen MR) is 74.4 cm³/mol. The molecule has 0 aliphatic carbocycles. The van der Waals surface area contributed by atoms with Gasteiger partial charge >= 0.3 is 6.18 Å². The van der Waals surface area contributed by atoms with E-state index in [9.17, 15) is 13.2 Å². The highest BCUT2D eigenvalue weighted by Crippen LogP contribution is 2.25. The molecule has 1 heterocycles. The number of hydrogen-bond acceptors (Lipinski definition) is 3. The van der Waals surface area contributed by atoms with Crippen molar-refractivity contribution in [3.8, 4) is 5.75 Å². The van der Waals surface area contributed by atoms with E-state index in [2.05, 4.69) is 10.3 Å². The van der Waals surface area contributed by atoms with Gasteiger partial charge in [-0.15, -0.1) is 0 Å². The molecule has 0 unspecified atom stereocenters. The van der Waals surface area contributed by atoms with E-state index in [1.165, 1.54) is 0 Å². The van der Waals surface area contributed by atoms with Crippen molar-refractivity contribution in [2.45, 2.75) is 32.6 Å². The molecule has 0 saturated heterocycles. The van der Waals surface area contributed by atoms with Crippen molar-refractivity contribution in [1.82, 2.24) is 14.9 Å². The van der Waals surface area contributed by atoms with Gasteiger partial charge in [0.1, 0.15) is 11.6 Å². The Morgan fingerprint density at radius 2 is 2.05 bits per heavy atom. The Morgan fingerprint density at radius 1 is 1.33 bits per heavy atom. The minimum absolute atomic E-state index is 0.0642. The standard InChI is InChI=1S/C14H18F3N3O/c1-9(2)20-12-5-4-10(21-3)6-11(12)19-13(20)7-18-8-14(15,16)17/h4-6,9,18H,7-8H2,1-3H3. The summed E-state index contributed by atoms with van der Waals surface area (Å²) in [7, 11) is 1.56. The Labute approximate surface area is 120 Å². The van der Waals surface area contributed by atoms with E-state index in [1.54, 1.807) is 13.2 Å².